The summed E-state index contributed by atoms with van der Waals surface area (Å²) in [6.45, 7) is 3.94. The number of nitrogens with one attached hydrogen (secondary N) is 1. The SMILES string of the molecule is CC(N)C1CCN(CC(=O)NC(=O)c2ccco2)CC1. The van der Waals surface area contributed by atoms with Crippen LogP contribution in [0.2, 0.25) is 0 Å². The Morgan fingerprint density at radius 2 is 2.20 bits per heavy atom. The summed E-state index contributed by atoms with van der Waals surface area (Å²) in [6.07, 6.45) is 3.40. The number of likely N-dealkylation sites (tertiary alicyclic amines) is 1. The Hall–Kier alpha value is -1.66. The summed E-state index contributed by atoms with van der Waals surface area (Å²) in [6, 6.07) is 3.33. The van der Waals surface area contributed by atoms with Crippen LogP contribution in [-0.4, -0.2) is 42.4 Å². The molecule has 2 rings (SSSR count). The minimum Gasteiger partial charge on any atom is -0.459 e. The zero-order valence-corrected chi connectivity index (χ0v) is 11.7. The molecule has 0 saturated carbocycles. The minimum absolute atomic E-state index is 0.147. The van der Waals surface area contributed by atoms with Crippen molar-refractivity contribution in [3.05, 3.63) is 24.2 Å². The van der Waals surface area contributed by atoms with E-state index in [1.165, 1.54) is 12.3 Å². The molecule has 1 aliphatic rings. The fourth-order valence-electron chi connectivity index (χ4n) is 2.48. The van der Waals surface area contributed by atoms with Gasteiger partial charge in [0.05, 0.1) is 12.8 Å². The van der Waals surface area contributed by atoms with Crippen molar-refractivity contribution in [1.29, 1.82) is 0 Å². The van der Waals surface area contributed by atoms with Gasteiger partial charge in [0.2, 0.25) is 5.91 Å². The van der Waals surface area contributed by atoms with Crippen LogP contribution in [0, 0.1) is 5.92 Å². The molecule has 2 heterocycles. The fraction of sp³-hybridized carbons (Fsp3) is 0.571. The number of nitrogens with zero attached hydrogens (tertiary/aromatic N) is 1. The summed E-state index contributed by atoms with van der Waals surface area (Å²) in [5, 5.41) is 2.33. The Kier molecular flexibility index (Phi) is 4.92. The van der Waals surface area contributed by atoms with E-state index >= 15 is 0 Å². The van der Waals surface area contributed by atoms with E-state index in [0.717, 1.165) is 25.9 Å². The number of carbonyl (C=O) groups is 2. The summed E-state index contributed by atoms with van der Waals surface area (Å²) in [4.78, 5) is 25.5. The quantitative estimate of drug-likeness (QED) is 0.842. The highest BCUT2D eigenvalue weighted by Crippen LogP contribution is 2.19. The first-order valence-electron chi connectivity index (χ1n) is 6.92. The molecule has 20 heavy (non-hydrogen) atoms. The van der Waals surface area contributed by atoms with Gasteiger partial charge >= 0.3 is 0 Å². The van der Waals surface area contributed by atoms with Gasteiger partial charge in [-0.05, 0) is 50.9 Å². The van der Waals surface area contributed by atoms with Gasteiger partial charge in [-0.3, -0.25) is 19.8 Å². The topological polar surface area (TPSA) is 88.6 Å². The highest BCUT2D eigenvalue weighted by molar-refractivity contribution is 6.03. The normalized spacial score (nSPS) is 18.7. The van der Waals surface area contributed by atoms with Crippen LogP contribution in [0.4, 0.5) is 0 Å². The molecule has 6 heteroatoms. The van der Waals surface area contributed by atoms with Crippen LogP contribution in [0.25, 0.3) is 0 Å². The van der Waals surface area contributed by atoms with Crippen LogP contribution in [0.1, 0.15) is 30.3 Å². The lowest BCUT2D eigenvalue weighted by Crippen LogP contribution is -2.45. The Morgan fingerprint density at radius 1 is 1.50 bits per heavy atom. The molecule has 1 aromatic heterocycles. The second kappa shape index (κ2) is 6.67. The lowest BCUT2D eigenvalue weighted by atomic mass is 9.91. The van der Waals surface area contributed by atoms with Crippen molar-refractivity contribution in [3.63, 3.8) is 0 Å². The van der Waals surface area contributed by atoms with Gasteiger partial charge in [0, 0.05) is 6.04 Å². The van der Waals surface area contributed by atoms with Crippen LogP contribution < -0.4 is 11.1 Å². The van der Waals surface area contributed by atoms with Crippen molar-refractivity contribution in [2.24, 2.45) is 11.7 Å². The number of furan rings is 1. The van der Waals surface area contributed by atoms with Crippen LogP contribution in [0.3, 0.4) is 0 Å². The van der Waals surface area contributed by atoms with E-state index in [0.29, 0.717) is 5.92 Å². The smallest absolute Gasteiger partial charge is 0.293 e. The molecule has 1 saturated heterocycles. The number of carbonyl (C=O) groups excluding carboxylic acids is 2. The summed E-state index contributed by atoms with van der Waals surface area (Å²) in [5.74, 6) is -0.121. The van der Waals surface area contributed by atoms with Gasteiger partial charge in [0.1, 0.15) is 0 Å². The number of piperidine rings is 1. The van der Waals surface area contributed by atoms with Crippen LogP contribution in [-0.2, 0) is 4.79 Å². The summed E-state index contributed by atoms with van der Waals surface area (Å²) >= 11 is 0. The lowest BCUT2D eigenvalue weighted by molar-refractivity contribution is -0.121. The van der Waals surface area contributed by atoms with E-state index in [1.54, 1.807) is 6.07 Å². The van der Waals surface area contributed by atoms with Crippen LogP contribution >= 0.6 is 0 Å². The fourth-order valence-corrected chi connectivity index (χ4v) is 2.48. The summed E-state index contributed by atoms with van der Waals surface area (Å²) < 4.78 is 4.93. The zero-order chi connectivity index (χ0) is 14.5. The third kappa shape index (κ3) is 3.91. The van der Waals surface area contributed by atoms with Crippen LogP contribution in [0.5, 0.6) is 0 Å². The van der Waals surface area contributed by atoms with E-state index in [-0.39, 0.29) is 24.3 Å². The van der Waals surface area contributed by atoms with Gasteiger partial charge in [-0.15, -0.1) is 0 Å². The van der Waals surface area contributed by atoms with Crippen molar-refractivity contribution >= 4 is 11.8 Å². The van der Waals surface area contributed by atoms with E-state index in [2.05, 4.69) is 5.32 Å². The number of hydrogen-bond donors (Lipinski definition) is 2. The predicted molar refractivity (Wildman–Crippen MR) is 74.0 cm³/mol. The third-order valence-electron chi connectivity index (χ3n) is 3.74. The molecule has 3 N–H and O–H groups in total. The predicted octanol–water partition coefficient (Wildman–Crippen LogP) is 0.595. The monoisotopic (exact) mass is 279 g/mol. The summed E-state index contributed by atoms with van der Waals surface area (Å²) in [7, 11) is 0. The Morgan fingerprint density at radius 3 is 2.75 bits per heavy atom. The molecule has 0 spiro atoms. The molecule has 1 unspecified atom stereocenters. The first kappa shape index (κ1) is 14.7. The number of amides is 2. The van der Waals surface area contributed by atoms with E-state index in [4.69, 9.17) is 10.2 Å². The van der Waals surface area contributed by atoms with E-state index in [1.807, 2.05) is 11.8 Å². The molecule has 110 valence electrons. The van der Waals surface area contributed by atoms with Crippen LogP contribution in [0.15, 0.2) is 22.8 Å². The van der Waals surface area contributed by atoms with Gasteiger partial charge in [0.15, 0.2) is 5.76 Å². The first-order chi connectivity index (χ1) is 9.56. The summed E-state index contributed by atoms with van der Waals surface area (Å²) in [5.41, 5.74) is 5.88. The second-order valence-corrected chi connectivity index (χ2v) is 5.33. The standard InChI is InChI=1S/C14H21N3O3/c1-10(15)11-4-6-17(7-5-11)9-13(18)16-14(19)12-3-2-8-20-12/h2-3,8,10-11H,4-7,9,15H2,1H3,(H,16,18,19). The Bertz CT molecular complexity index is 448. The molecular formula is C14H21N3O3. The number of imide groups is 1. The highest BCUT2D eigenvalue weighted by atomic mass is 16.3. The molecule has 2 amide bonds. The van der Waals surface area contributed by atoms with Gasteiger partial charge in [-0.25, -0.2) is 0 Å². The van der Waals surface area contributed by atoms with Crippen molar-refractivity contribution in [2.45, 2.75) is 25.8 Å². The number of rotatable bonds is 4. The van der Waals surface area contributed by atoms with Crippen molar-refractivity contribution in [1.82, 2.24) is 10.2 Å². The van der Waals surface area contributed by atoms with Gasteiger partial charge in [-0.2, -0.15) is 0 Å². The maximum Gasteiger partial charge on any atom is 0.293 e. The molecule has 0 aromatic carbocycles. The zero-order valence-electron chi connectivity index (χ0n) is 11.7. The first-order valence-corrected chi connectivity index (χ1v) is 6.92. The third-order valence-corrected chi connectivity index (χ3v) is 3.74. The molecule has 1 aliphatic heterocycles. The molecule has 6 nitrogen and oxygen atoms in total. The minimum atomic E-state index is -0.495. The Labute approximate surface area is 118 Å². The lowest BCUT2D eigenvalue weighted by Gasteiger charge is -2.33. The largest absolute Gasteiger partial charge is 0.459 e. The van der Waals surface area contributed by atoms with Gasteiger partial charge in [0.25, 0.3) is 5.91 Å². The molecular weight excluding hydrogens is 258 g/mol. The Balaban J connectivity index is 1.74. The number of nitrogens with two attached hydrogens (primary N) is 1. The maximum atomic E-state index is 11.8. The molecule has 1 atom stereocenters. The van der Waals surface area contributed by atoms with Gasteiger partial charge < -0.3 is 10.2 Å². The van der Waals surface area contributed by atoms with Gasteiger partial charge in [-0.1, -0.05) is 0 Å². The molecule has 1 aromatic rings. The van der Waals surface area contributed by atoms with E-state index in [9.17, 15) is 9.59 Å². The average molecular weight is 279 g/mol. The maximum absolute atomic E-state index is 11.8. The highest BCUT2D eigenvalue weighted by Gasteiger charge is 2.23. The molecule has 1 fully saturated rings. The number of hydrogen-bond acceptors (Lipinski definition) is 5. The molecule has 0 radical (unpaired) electrons. The van der Waals surface area contributed by atoms with E-state index < -0.39 is 5.91 Å². The average Bonchev–Trinajstić information content (AvgIpc) is 2.93. The molecule has 0 bridgehead atoms. The van der Waals surface area contributed by atoms with Crippen molar-refractivity contribution in [3.8, 4) is 0 Å². The second-order valence-electron chi connectivity index (χ2n) is 5.33. The van der Waals surface area contributed by atoms with Crippen molar-refractivity contribution in [2.75, 3.05) is 19.6 Å². The van der Waals surface area contributed by atoms with Crippen molar-refractivity contribution < 1.29 is 14.0 Å². The molecule has 0 aliphatic carbocycles.